The van der Waals surface area contributed by atoms with Gasteiger partial charge in [-0.25, -0.2) is 0 Å². The van der Waals surface area contributed by atoms with Gasteiger partial charge in [0.2, 0.25) is 0 Å². The van der Waals surface area contributed by atoms with Crippen molar-refractivity contribution in [3.8, 4) is 5.75 Å². The average Bonchev–Trinajstić information content (AvgIpc) is 3.02. The summed E-state index contributed by atoms with van der Waals surface area (Å²) in [6.45, 7) is 8.87. The molecule has 0 radical (unpaired) electrons. The van der Waals surface area contributed by atoms with E-state index in [0.717, 1.165) is 44.5 Å². The zero-order valence-corrected chi connectivity index (χ0v) is 19.8. The van der Waals surface area contributed by atoms with Crippen molar-refractivity contribution in [2.24, 2.45) is 11.3 Å². The molecule has 3 N–H and O–H groups in total. The molecule has 0 saturated carbocycles. The number of hydrogen-bond acceptors (Lipinski definition) is 4. The minimum Gasteiger partial charge on any atom is -0.507 e. The fourth-order valence-corrected chi connectivity index (χ4v) is 6.55. The van der Waals surface area contributed by atoms with Crippen LogP contribution in [0.5, 0.6) is 5.75 Å². The first-order chi connectivity index (χ1) is 13.2. The van der Waals surface area contributed by atoms with Crippen molar-refractivity contribution in [2.45, 2.75) is 59.5 Å². The minimum atomic E-state index is -0.406. The van der Waals surface area contributed by atoms with Crippen molar-refractivity contribution in [3.05, 3.63) is 42.8 Å². The molecule has 0 bridgehead atoms. The number of carbonyl (C=O) groups is 1. The first kappa shape index (κ1) is 20.0. The van der Waals surface area contributed by atoms with Gasteiger partial charge in [-0.1, -0.05) is 27.2 Å². The summed E-state index contributed by atoms with van der Waals surface area (Å²) in [4.78, 5) is 14.3. The number of benzene rings is 1. The molecule has 0 saturated heterocycles. The number of nitrogens with one attached hydrogen (secondary N) is 2. The molecule has 2 aliphatic rings. The lowest BCUT2D eigenvalue weighted by atomic mass is 9.69. The zero-order chi connectivity index (χ0) is 20.2. The molecule has 4 nitrogen and oxygen atoms in total. The van der Waals surface area contributed by atoms with Crippen LogP contribution in [0.3, 0.4) is 0 Å². The molecule has 150 valence electrons. The first-order valence-electron chi connectivity index (χ1n) is 9.92. The van der Waals surface area contributed by atoms with Crippen molar-refractivity contribution in [1.29, 1.82) is 0 Å². The van der Waals surface area contributed by atoms with Crippen LogP contribution in [0.4, 0.5) is 5.00 Å². The molecule has 2 heterocycles. The molecule has 0 spiro atoms. The Kier molecular flexibility index (Phi) is 5.15. The predicted octanol–water partition coefficient (Wildman–Crippen LogP) is 5.76. The molecular weight excluding hydrogens is 483 g/mol. The van der Waals surface area contributed by atoms with Crippen LogP contribution in [0.1, 0.15) is 71.7 Å². The number of anilines is 1. The molecule has 0 unspecified atom stereocenters. The number of thiophene rings is 1. The van der Waals surface area contributed by atoms with Gasteiger partial charge in [-0.15, -0.1) is 11.3 Å². The van der Waals surface area contributed by atoms with E-state index in [1.807, 2.05) is 19.1 Å². The van der Waals surface area contributed by atoms with Crippen molar-refractivity contribution in [3.63, 3.8) is 0 Å². The number of rotatable bonds is 3. The summed E-state index contributed by atoms with van der Waals surface area (Å²) >= 11 is 3.97. The van der Waals surface area contributed by atoms with E-state index in [1.165, 1.54) is 16.9 Å². The molecule has 1 amide bonds. The smallest absolute Gasteiger partial charge is 0.256 e. The summed E-state index contributed by atoms with van der Waals surface area (Å²) in [5.74, 6) is 0.875. The number of hydrogen-bond donors (Lipinski definition) is 3. The van der Waals surface area contributed by atoms with Gasteiger partial charge in [-0.05, 0) is 83.4 Å². The number of phenolic OH excluding ortho intramolecular Hbond substituents is 1. The van der Waals surface area contributed by atoms with Gasteiger partial charge in [0.05, 0.1) is 5.56 Å². The summed E-state index contributed by atoms with van der Waals surface area (Å²) in [6.07, 6.45) is 3.94. The average molecular weight is 510 g/mol. The van der Waals surface area contributed by atoms with Crippen LogP contribution in [0, 0.1) is 21.8 Å². The Morgan fingerprint density at radius 2 is 2.07 bits per heavy atom. The molecule has 6 heteroatoms. The molecule has 4 rings (SSSR count). The Balaban J connectivity index is 1.67. The summed E-state index contributed by atoms with van der Waals surface area (Å²) in [6, 6.07) is 3.87. The van der Waals surface area contributed by atoms with E-state index < -0.39 is 6.17 Å². The van der Waals surface area contributed by atoms with Crippen LogP contribution >= 0.6 is 33.9 Å². The molecule has 0 fully saturated rings. The predicted molar refractivity (Wildman–Crippen MR) is 123 cm³/mol. The molecule has 2 aromatic rings. The second-order valence-electron chi connectivity index (χ2n) is 8.70. The normalized spacial score (nSPS) is 21.5. The Bertz CT molecular complexity index is 950. The third kappa shape index (κ3) is 3.32. The van der Waals surface area contributed by atoms with E-state index in [1.54, 1.807) is 11.3 Å². The van der Waals surface area contributed by atoms with Gasteiger partial charge in [0, 0.05) is 14.0 Å². The fourth-order valence-electron chi connectivity index (χ4n) is 4.39. The lowest BCUT2D eigenvalue weighted by molar-refractivity contribution is 0.0934. The maximum Gasteiger partial charge on any atom is 0.256 e. The van der Waals surface area contributed by atoms with Gasteiger partial charge in [0.15, 0.2) is 0 Å². The number of aryl methyl sites for hydroxylation is 1. The fraction of sp³-hybridized carbons (Fsp3) is 0.500. The highest BCUT2D eigenvalue weighted by Crippen LogP contribution is 2.47. The van der Waals surface area contributed by atoms with E-state index in [9.17, 15) is 9.90 Å². The van der Waals surface area contributed by atoms with E-state index in [0.29, 0.717) is 11.3 Å². The molecular formula is C22H27IN2O2S. The third-order valence-corrected chi connectivity index (χ3v) is 8.47. The second kappa shape index (κ2) is 7.20. The van der Waals surface area contributed by atoms with Gasteiger partial charge in [0.25, 0.3) is 5.91 Å². The van der Waals surface area contributed by atoms with Gasteiger partial charge in [-0.2, -0.15) is 0 Å². The highest BCUT2D eigenvalue weighted by Gasteiger charge is 2.37. The van der Waals surface area contributed by atoms with Crippen LogP contribution in [0.2, 0.25) is 0 Å². The van der Waals surface area contributed by atoms with Gasteiger partial charge < -0.3 is 15.7 Å². The summed E-state index contributed by atoms with van der Waals surface area (Å²) in [5, 5.41) is 18.0. The summed E-state index contributed by atoms with van der Waals surface area (Å²) < 4.78 is 1.04. The molecule has 1 aromatic carbocycles. The zero-order valence-electron chi connectivity index (χ0n) is 16.8. The monoisotopic (exact) mass is 510 g/mol. The molecule has 28 heavy (non-hydrogen) atoms. The SMILES string of the molecule is CCC(C)(C)[C@@H]1CCc2c(sc3c2C(=O)N[C@H](c2cc(I)cc(C)c2O)N3)C1. The van der Waals surface area contributed by atoms with Crippen molar-refractivity contribution < 1.29 is 9.90 Å². The summed E-state index contributed by atoms with van der Waals surface area (Å²) in [5.41, 5.74) is 3.92. The Labute approximate surface area is 184 Å². The van der Waals surface area contributed by atoms with Crippen LogP contribution in [0.15, 0.2) is 12.1 Å². The Morgan fingerprint density at radius 1 is 1.32 bits per heavy atom. The standard InChI is InChI=1S/C22H27IN2O2S/c1-5-22(3,4)12-6-7-14-16(9-12)28-21-17(14)20(27)24-19(25-21)15-10-13(23)8-11(2)18(15)26/h8,10,12,19,25-26H,5-7,9H2,1-4H3,(H,24,27)/t12-,19+/m1/s1. The van der Waals surface area contributed by atoms with Gasteiger partial charge in [0.1, 0.15) is 16.9 Å². The maximum atomic E-state index is 13.0. The highest BCUT2D eigenvalue weighted by atomic mass is 127. The largest absolute Gasteiger partial charge is 0.507 e. The first-order valence-corrected chi connectivity index (χ1v) is 11.8. The summed E-state index contributed by atoms with van der Waals surface area (Å²) in [7, 11) is 0. The lowest BCUT2D eigenvalue weighted by Crippen LogP contribution is -2.38. The number of phenols is 1. The van der Waals surface area contributed by atoms with E-state index in [4.69, 9.17) is 0 Å². The number of amides is 1. The van der Waals surface area contributed by atoms with E-state index in [2.05, 4.69) is 54.0 Å². The number of carbonyl (C=O) groups excluding carboxylic acids is 1. The van der Waals surface area contributed by atoms with Crippen molar-refractivity contribution >= 4 is 44.8 Å². The topological polar surface area (TPSA) is 61.4 Å². The second-order valence-corrected chi connectivity index (χ2v) is 11.1. The maximum absolute atomic E-state index is 13.0. The van der Waals surface area contributed by atoms with Gasteiger partial charge >= 0.3 is 0 Å². The highest BCUT2D eigenvalue weighted by molar-refractivity contribution is 14.1. The minimum absolute atomic E-state index is 0.0274. The molecule has 1 aliphatic carbocycles. The van der Waals surface area contributed by atoms with Crippen molar-refractivity contribution in [2.75, 3.05) is 5.32 Å². The van der Waals surface area contributed by atoms with Crippen molar-refractivity contribution in [1.82, 2.24) is 5.32 Å². The number of aromatic hydroxyl groups is 1. The van der Waals surface area contributed by atoms with Crippen LogP contribution in [-0.2, 0) is 12.8 Å². The third-order valence-electron chi connectivity index (χ3n) is 6.67. The number of fused-ring (bicyclic) bond motifs is 3. The van der Waals surface area contributed by atoms with E-state index in [-0.39, 0.29) is 11.7 Å². The molecule has 1 aromatic heterocycles. The van der Waals surface area contributed by atoms with Gasteiger partial charge in [-0.3, -0.25) is 4.79 Å². The molecule has 2 atom stereocenters. The van der Waals surface area contributed by atoms with Crippen LogP contribution in [0.25, 0.3) is 0 Å². The van der Waals surface area contributed by atoms with E-state index >= 15 is 0 Å². The Hall–Kier alpha value is -1.28. The Morgan fingerprint density at radius 3 is 2.79 bits per heavy atom. The van der Waals surface area contributed by atoms with Crippen LogP contribution < -0.4 is 10.6 Å². The lowest BCUT2D eigenvalue weighted by Gasteiger charge is -2.36. The molecule has 1 aliphatic heterocycles. The quantitative estimate of drug-likeness (QED) is 0.460. The van der Waals surface area contributed by atoms with Crippen LogP contribution in [-0.4, -0.2) is 11.0 Å². The number of halogens is 1.